The normalized spacial score (nSPS) is 23.2. The molecule has 31 heavy (non-hydrogen) atoms. The Morgan fingerprint density at radius 2 is 1.77 bits per heavy atom. The van der Waals surface area contributed by atoms with Crippen LogP contribution in [0.3, 0.4) is 0 Å². The number of pyridine rings is 1. The summed E-state index contributed by atoms with van der Waals surface area (Å²) in [4.78, 5) is 29.7. The number of aliphatic hydroxyl groups is 3. The molecule has 2 aromatic heterocycles. The van der Waals surface area contributed by atoms with E-state index in [0.717, 1.165) is 25.8 Å². The average molecular weight is 425 g/mol. The molecule has 0 saturated carbocycles. The number of rotatable bonds is 5. The molecule has 4 unspecified atom stereocenters. The van der Waals surface area contributed by atoms with E-state index in [4.69, 9.17) is 4.74 Å². The van der Waals surface area contributed by atoms with Gasteiger partial charge in [0, 0.05) is 18.5 Å². The number of ether oxygens (including phenoxy) is 1. The van der Waals surface area contributed by atoms with Gasteiger partial charge >= 0.3 is 5.69 Å². The molecule has 1 saturated heterocycles. The quantitative estimate of drug-likeness (QED) is 0.527. The molecule has 1 aromatic carbocycles. The summed E-state index contributed by atoms with van der Waals surface area (Å²) in [5.74, 6) is 0. The van der Waals surface area contributed by atoms with Gasteiger partial charge in [-0.15, -0.1) is 0 Å². The Bertz CT molecular complexity index is 1190. The molecule has 4 atom stereocenters. The van der Waals surface area contributed by atoms with Gasteiger partial charge in [-0.2, -0.15) is 0 Å². The Morgan fingerprint density at radius 3 is 2.45 bits per heavy atom. The fraction of sp³-hybridized carbons (Fsp3) is 0.318. The molecule has 9 nitrogen and oxygen atoms in total. The standard InChI is InChI=1S/C22H23N3O6/c1-13-2-4-14(5-3-13)15-6-8-23-16(10-15)11-25-18(27)7-9-24(22(25)30)21-20(29)19(28)17(12-26)31-21/h2-10,17,19-21,26,28-29H,11-12H2,1H3. The van der Waals surface area contributed by atoms with Crippen LogP contribution in [0.15, 0.2) is 64.4 Å². The van der Waals surface area contributed by atoms with E-state index >= 15 is 0 Å². The molecule has 1 aliphatic heterocycles. The minimum atomic E-state index is -1.43. The molecular formula is C22H23N3O6. The van der Waals surface area contributed by atoms with Crippen LogP contribution in [-0.2, 0) is 11.3 Å². The second kappa shape index (κ2) is 8.56. The van der Waals surface area contributed by atoms with Crippen molar-refractivity contribution in [3.05, 3.63) is 87.0 Å². The molecule has 3 N–H and O–H groups in total. The van der Waals surface area contributed by atoms with Gasteiger partial charge in [0.25, 0.3) is 5.56 Å². The Labute approximate surface area is 177 Å². The molecule has 1 aliphatic rings. The lowest BCUT2D eigenvalue weighted by Crippen LogP contribution is -2.43. The third kappa shape index (κ3) is 4.08. The van der Waals surface area contributed by atoms with Gasteiger partial charge in [0.05, 0.1) is 18.8 Å². The van der Waals surface area contributed by atoms with E-state index in [1.54, 1.807) is 12.3 Å². The van der Waals surface area contributed by atoms with Crippen molar-refractivity contribution in [2.75, 3.05) is 6.61 Å². The van der Waals surface area contributed by atoms with Crippen molar-refractivity contribution in [1.82, 2.24) is 14.1 Å². The summed E-state index contributed by atoms with van der Waals surface area (Å²) in [6.07, 6.45) is -2.21. The Balaban J connectivity index is 1.66. The summed E-state index contributed by atoms with van der Waals surface area (Å²) >= 11 is 0. The Hall–Kier alpha value is -3.11. The van der Waals surface area contributed by atoms with Gasteiger partial charge in [-0.05, 0) is 30.2 Å². The largest absolute Gasteiger partial charge is 0.394 e. The molecular weight excluding hydrogens is 402 g/mol. The molecule has 0 amide bonds. The van der Waals surface area contributed by atoms with Crippen LogP contribution in [0.5, 0.6) is 0 Å². The summed E-state index contributed by atoms with van der Waals surface area (Å²) in [5.41, 5.74) is 2.28. The molecule has 1 fully saturated rings. The first-order valence-electron chi connectivity index (χ1n) is 9.85. The molecule has 9 heteroatoms. The van der Waals surface area contributed by atoms with Crippen molar-refractivity contribution in [2.45, 2.75) is 38.0 Å². The highest BCUT2D eigenvalue weighted by Gasteiger charge is 2.43. The lowest BCUT2D eigenvalue weighted by atomic mass is 10.0. The molecule has 0 bridgehead atoms. The van der Waals surface area contributed by atoms with E-state index in [1.807, 2.05) is 37.3 Å². The van der Waals surface area contributed by atoms with Gasteiger partial charge in [0.2, 0.25) is 0 Å². The summed E-state index contributed by atoms with van der Waals surface area (Å²) < 4.78 is 7.43. The number of hydrogen-bond donors (Lipinski definition) is 3. The van der Waals surface area contributed by atoms with Gasteiger partial charge in [-0.1, -0.05) is 29.8 Å². The maximum absolute atomic E-state index is 13.0. The molecule has 3 aromatic rings. The second-order valence-corrected chi connectivity index (χ2v) is 7.56. The van der Waals surface area contributed by atoms with E-state index < -0.39 is 42.4 Å². The van der Waals surface area contributed by atoms with Crippen molar-refractivity contribution in [3.63, 3.8) is 0 Å². The van der Waals surface area contributed by atoms with Crippen LogP contribution in [0.25, 0.3) is 11.1 Å². The number of aryl methyl sites for hydroxylation is 1. The molecule has 3 heterocycles. The number of aromatic nitrogens is 3. The molecule has 0 radical (unpaired) electrons. The van der Waals surface area contributed by atoms with E-state index in [-0.39, 0.29) is 6.54 Å². The first kappa shape index (κ1) is 21.1. The van der Waals surface area contributed by atoms with Crippen LogP contribution in [0, 0.1) is 6.92 Å². The van der Waals surface area contributed by atoms with Gasteiger partial charge in [0.15, 0.2) is 6.23 Å². The summed E-state index contributed by atoms with van der Waals surface area (Å²) in [5, 5.41) is 29.5. The van der Waals surface area contributed by atoms with E-state index in [9.17, 15) is 24.9 Å². The fourth-order valence-electron chi connectivity index (χ4n) is 3.63. The number of benzene rings is 1. The number of aliphatic hydroxyl groups excluding tert-OH is 3. The zero-order valence-electron chi connectivity index (χ0n) is 16.8. The Kier molecular flexibility index (Phi) is 5.84. The van der Waals surface area contributed by atoms with Crippen LogP contribution >= 0.6 is 0 Å². The highest BCUT2D eigenvalue weighted by Crippen LogP contribution is 2.28. The first-order valence-corrected chi connectivity index (χ1v) is 9.85. The van der Waals surface area contributed by atoms with Crippen LogP contribution < -0.4 is 11.2 Å². The smallest absolute Gasteiger partial charge is 0.333 e. The summed E-state index contributed by atoms with van der Waals surface area (Å²) in [6.45, 7) is 1.41. The number of nitrogens with zero attached hydrogens (tertiary/aromatic N) is 3. The maximum Gasteiger partial charge on any atom is 0.333 e. The third-order valence-electron chi connectivity index (χ3n) is 5.41. The molecule has 0 aliphatic carbocycles. The third-order valence-corrected chi connectivity index (χ3v) is 5.41. The predicted molar refractivity (Wildman–Crippen MR) is 111 cm³/mol. The Morgan fingerprint density at radius 1 is 1.03 bits per heavy atom. The van der Waals surface area contributed by atoms with E-state index in [0.29, 0.717) is 5.69 Å². The highest BCUT2D eigenvalue weighted by molar-refractivity contribution is 5.63. The number of hydrogen-bond acceptors (Lipinski definition) is 7. The summed E-state index contributed by atoms with van der Waals surface area (Å²) in [6, 6.07) is 12.8. The lowest BCUT2D eigenvalue weighted by molar-refractivity contribution is -0.0555. The first-order chi connectivity index (χ1) is 14.9. The zero-order chi connectivity index (χ0) is 22.1. The SMILES string of the molecule is Cc1ccc(-c2ccnc(Cn3c(=O)ccn(C4OC(CO)C(O)C4O)c3=O)c2)cc1. The minimum Gasteiger partial charge on any atom is -0.394 e. The van der Waals surface area contributed by atoms with Crippen molar-refractivity contribution in [1.29, 1.82) is 0 Å². The van der Waals surface area contributed by atoms with Gasteiger partial charge in [-0.25, -0.2) is 4.79 Å². The van der Waals surface area contributed by atoms with Crippen LogP contribution in [0.4, 0.5) is 0 Å². The predicted octanol–water partition coefficient (Wildman–Crippen LogP) is 0.0402. The molecule has 4 rings (SSSR count). The topological polar surface area (TPSA) is 127 Å². The van der Waals surface area contributed by atoms with Crippen LogP contribution in [0.2, 0.25) is 0 Å². The van der Waals surface area contributed by atoms with Crippen LogP contribution in [0.1, 0.15) is 17.5 Å². The lowest BCUT2D eigenvalue weighted by Gasteiger charge is -2.18. The van der Waals surface area contributed by atoms with Gasteiger partial charge < -0.3 is 20.1 Å². The van der Waals surface area contributed by atoms with Crippen molar-refractivity contribution >= 4 is 0 Å². The highest BCUT2D eigenvalue weighted by atomic mass is 16.6. The van der Waals surface area contributed by atoms with Gasteiger partial charge in [0.1, 0.15) is 18.3 Å². The van der Waals surface area contributed by atoms with Gasteiger partial charge in [-0.3, -0.25) is 18.9 Å². The van der Waals surface area contributed by atoms with Crippen molar-refractivity contribution in [2.24, 2.45) is 0 Å². The van der Waals surface area contributed by atoms with Crippen LogP contribution in [-0.4, -0.2) is 54.4 Å². The fourth-order valence-corrected chi connectivity index (χ4v) is 3.63. The minimum absolute atomic E-state index is 0.0764. The van der Waals surface area contributed by atoms with E-state index in [1.165, 1.54) is 12.3 Å². The molecule has 0 spiro atoms. The summed E-state index contributed by atoms with van der Waals surface area (Å²) in [7, 11) is 0. The van der Waals surface area contributed by atoms with E-state index in [2.05, 4.69) is 4.98 Å². The molecule has 162 valence electrons. The van der Waals surface area contributed by atoms with Crippen molar-refractivity contribution < 1.29 is 20.1 Å². The average Bonchev–Trinajstić information content (AvgIpc) is 3.06. The zero-order valence-corrected chi connectivity index (χ0v) is 16.8. The maximum atomic E-state index is 13.0. The monoisotopic (exact) mass is 425 g/mol. The second-order valence-electron chi connectivity index (χ2n) is 7.56. The van der Waals surface area contributed by atoms with Crippen molar-refractivity contribution in [3.8, 4) is 11.1 Å².